The Morgan fingerprint density at radius 3 is 0.884 bits per heavy atom. The largest absolute Gasteiger partial charge is 0.462 e. The third kappa shape index (κ3) is 55.9. The van der Waals surface area contributed by atoms with Crippen molar-refractivity contribution < 1.29 is 28.6 Å². The van der Waals surface area contributed by atoms with E-state index in [0.29, 0.717) is 19.3 Å². The molecule has 400 valence electrons. The van der Waals surface area contributed by atoms with Crippen molar-refractivity contribution in [3.8, 4) is 0 Å². The predicted molar refractivity (Wildman–Crippen MR) is 298 cm³/mol. The molecule has 6 heteroatoms. The molecule has 0 aromatic heterocycles. The lowest BCUT2D eigenvalue weighted by atomic mass is 10.0. The first-order valence-electron chi connectivity index (χ1n) is 29.8. The topological polar surface area (TPSA) is 78.9 Å². The van der Waals surface area contributed by atoms with Gasteiger partial charge in [-0.2, -0.15) is 0 Å². The Bertz CT molecular complexity index is 1250. The molecular formula is C63H112O6. The van der Waals surface area contributed by atoms with Gasteiger partial charge in [0, 0.05) is 19.3 Å². The molecule has 0 radical (unpaired) electrons. The lowest BCUT2D eigenvalue weighted by Crippen LogP contribution is -2.30. The molecule has 0 aliphatic heterocycles. The van der Waals surface area contributed by atoms with Crippen LogP contribution < -0.4 is 0 Å². The Hall–Kier alpha value is -2.89. The number of unbranched alkanes of at least 4 members (excludes halogenated alkanes) is 33. The maximum atomic E-state index is 12.8. The van der Waals surface area contributed by atoms with Crippen LogP contribution in [0.2, 0.25) is 0 Å². The van der Waals surface area contributed by atoms with Crippen molar-refractivity contribution in [3.05, 3.63) is 60.8 Å². The molecule has 0 N–H and O–H groups in total. The zero-order valence-electron chi connectivity index (χ0n) is 45.8. The summed E-state index contributed by atoms with van der Waals surface area (Å²) in [6.45, 7) is 6.49. The fraction of sp³-hybridized carbons (Fsp3) is 0.794. The summed E-state index contributed by atoms with van der Waals surface area (Å²) in [6, 6.07) is 0. The zero-order valence-corrected chi connectivity index (χ0v) is 45.8. The highest BCUT2D eigenvalue weighted by molar-refractivity contribution is 5.71. The highest BCUT2D eigenvalue weighted by Gasteiger charge is 2.19. The van der Waals surface area contributed by atoms with Crippen molar-refractivity contribution in [1.82, 2.24) is 0 Å². The second-order valence-corrected chi connectivity index (χ2v) is 19.9. The van der Waals surface area contributed by atoms with E-state index in [4.69, 9.17) is 14.2 Å². The van der Waals surface area contributed by atoms with Gasteiger partial charge >= 0.3 is 17.9 Å². The number of ether oxygens (including phenoxy) is 3. The van der Waals surface area contributed by atoms with Crippen molar-refractivity contribution in [2.24, 2.45) is 0 Å². The fourth-order valence-electron chi connectivity index (χ4n) is 8.59. The predicted octanol–water partition coefficient (Wildman–Crippen LogP) is 20.0. The number of hydrogen-bond acceptors (Lipinski definition) is 6. The van der Waals surface area contributed by atoms with E-state index < -0.39 is 6.10 Å². The number of carbonyl (C=O) groups excluding carboxylic acids is 3. The van der Waals surface area contributed by atoms with Crippen LogP contribution in [0.15, 0.2) is 60.8 Å². The minimum Gasteiger partial charge on any atom is -0.462 e. The average Bonchev–Trinajstić information content (AvgIpc) is 3.35. The average molecular weight is 966 g/mol. The van der Waals surface area contributed by atoms with Crippen molar-refractivity contribution in [3.63, 3.8) is 0 Å². The molecule has 0 aliphatic rings. The van der Waals surface area contributed by atoms with Gasteiger partial charge in [0.05, 0.1) is 0 Å². The standard InChI is InChI=1S/C63H112O6/c1-4-7-10-13-16-18-20-22-24-26-28-29-30-31-32-33-35-36-38-40-42-44-47-50-53-56-62(65)68-59-60(58-67-61(64)55-52-49-46-15-12-9-6-3)69-63(66)57-54-51-48-45-43-41-39-37-34-27-25-23-21-19-17-14-11-8-5-2/h8,11,17,19,23,25,34,37,41,43,60H,4-7,9-10,12-16,18,20-22,24,26-33,35-36,38-40,42,44-59H2,1-3H3/b11-8-,19-17-,25-23-,37-34-,43-41-. The van der Waals surface area contributed by atoms with Crippen LogP contribution >= 0.6 is 0 Å². The molecule has 0 heterocycles. The van der Waals surface area contributed by atoms with Crippen LogP contribution in [0.5, 0.6) is 0 Å². The van der Waals surface area contributed by atoms with Gasteiger partial charge in [-0.15, -0.1) is 0 Å². The molecule has 0 aromatic carbocycles. The third-order valence-electron chi connectivity index (χ3n) is 13.0. The van der Waals surface area contributed by atoms with Crippen LogP contribution in [0.3, 0.4) is 0 Å². The molecule has 6 nitrogen and oxygen atoms in total. The summed E-state index contributed by atoms with van der Waals surface area (Å²) in [4.78, 5) is 38.0. The lowest BCUT2D eigenvalue weighted by Gasteiger charge is -2.18. The van der Waals surface area contributed by atoms with E-state index in [1.807, 2.05) is 0 Å². The Balaban J connectivity index is 4.16. The molecular weight excluding hydrogens is 853 g/mol. The lowest BCUT2D eigenvalue weighted by molar-refractivity contribution is -0.167. The van der Waals surface area contributed by atoms with Crippen LogP contribution in [-0.2, 0) is 28.6 Å². The summed E-state index contributed by atoms with van der Waals surface area (Å²) in [5, 5.41) is 0. The van der Waals surface area contributed by atoms with Gasteiger partial charge in [-0.25, -0.2) is 0 Å². The van der Waals surface area contributed by atoms with E-state index in [9.17, 15) is 14.4 Å². The maximum Gasteiger partial charge on any atom is 0.306 e. The summed E-state index contributed by atoms with van der Waals surface area (Å²) >= 11 is 0. The molecule has 0 aromatic rings. The van der Waals surface area contributed by atoms with Gasteiger partial charge in [0.2, 0.25) is 0 Å². The Morgan fingerprint density at radius 2 is 0.565 bits per heavy atom. The second-order valence-electron chi connectivity index (χ2n) is 19.9. The van der Waals surface area contributed by atoms with Gasteiger partial charge in [0.15, 0.2) is 6.10 Å². The minimum absolute atomic E-state index is 0.0845. The molecule has 0 fully saturated rings. The van der Waals surface area contributed by atoms with E-state index in [2.05, 4.69) is 81.5 Å². The van der Waals surface area contributed by atoms with E-state index in [0.717, 1.165) is 96.3 Å². The first-order valence-corrected chi connectivity index (χ1v) is 29.8. The van der Waals surface area contributed by atoms with Gasteiger partial charge in [0.1, 0.15) is 13.2 Å². The number of allylic oxidation sites excluding steroid dienone is 10. The van der Waals surface area contributed by atoms with Crippen molar-refractivity contribution >= 4 is 17.9 Å². The van der Waals surface area contributed by atoms with Gasteiger partial charge in [-0.1, -0.05) is 281 Å². The van der Waals surface area contributed by atoms with Crippen molar-refractivity contribution in [2.45, 2.75) is 309 Å². The molecule has 0 saturated carbocycles. The first-order chi connectivity index (χ1) is 34.0. The number of hydrogen-bond donors (Lipinski definition) is 0. The molecule has 0 rings (SSSR count). The summed E-state index contributed by atoms with van der Waals surface area (Å²) in [5.41, 5.74) is 0. The molecule has 1 unspecified atom stereocenters. The quantitative estimate of drug-likeness (QED) is 0.0262. The van der Waals surface area contributed by atoms with E-state index in [1.54, 1.807) is 0 Å². The maximum absolute atomic E-state index is 12.8. The SMILES string of the molecule is CC/C=C\C/C=C\C/C=C\C/C=C\C/C=C\CCCCCC(=O)OC(COC(=O)CCCCCCCCC)COC(=O)CCCCCCCCCCCCCCCCCCCCCCCCCCC. The molecule has 0 bridgehead atoms. The number of carbonyl (C=O) groups is 3. The molecule has 0 aliphatic carbocycles. The fourth-order valence-corrected chi connectivity index (χ4v) is 8.59. The molecule has 0 amide bonds. The molecule has 0 spiro atoms. The monoisotopic (exact) mass is 965 g/mol. The Morgan fingerprint density at radius 1 is 0.304 bits per heavy atom. The van der Waals surface area contributed by atoms with E-state index in [1.165, 1.54) is 167 Å². The van der Waals surface area contributed by atoms with E-state index in [-0.39, 0.29) is 31.1 Å². The highest BCUT2D eigenvalue weighted by atomic mass is 16.6. The number of esters is 3. The third-order valence-corrected chi connectivity index (χ3v) is 13.0. The van der Waals surface area contributed by atoms with Gasteiger partial charge in [0.25, 0.3) is 0 Å². The number of rotatable bonds is 54. The molecule has 0 saturated heterocycles. The van der Waals surface area contributed by atoms with Crippen molar-refractivity contribution in [1.29, 1.82) is 0 Å². The van der Waals surface area contributed by atoms with Crippen LogP contribution in [0, 0.1) is 0 Å². The summed E-state index contributed by atoms with van der Waals surface area (Å²) in [6.07, 6.45) is 72.5. The van der Waals surface area contributed by atoms with Crippen LogP contribution in [-0.4, -0.2) is 37.2 Å². The summed E-state index contributed by atoms with van der Waals surface area (Å²) < 4.78 is 16.8. The van der Waals surface area contributed by atoms with Crippen molar-refractivity contribution in [2.75, 3.05) is 13.2 Å². The minimum atomic E-state index is -0.787. The zero-order chi connectivity index (χ0) is 50.0. The van der Waals surface area contributed by atoms with Gasteiger partial charge in [-0.3, -0.25) is 14.4 Å². The summed E-state index contributed by atoms with van der Waals surface area (Å²) in [5.74, 6) is -0.912. The smallest absolute Gasteiger partial charge is 0.306 e. The first kappa shape index (κ1) is 66.1. The highest BCUT2D eigenvalue weighted by Crippen LogP contribution is 2.17. The Kier molecular flexibility index (Phi) is 55.3. The van der Waals surface area contributed by atoms with Gasteiger partial charge < -0.3 is 14.2 Å². The van der Waals surface area contributed by atoms with Crippen LogP contribution in [0.1, 0.15) is 303 Å². The normalized spacial score (nSPS) is 12.4. The van der Waals surface area contributed by atoms with Crippen LogP contribution in [0.4, 0.5) is 0 Å². The second kappa shape index (κ2) is 57.7. The molecule has 1 atom stereocenters. The van der Waals surface area contributed by atoms with E-state index >= 15 is 0 Å². The Labute approximate surface area is 428 Å². The molecule has 69 heavy (non-hydrogen) atoms. The van der Waals surface area contributed by atoms with Gasteiger partial charge in [-0.05, 0) is 64.2 Å². The van der Waals surface area contributed by atoms with Crippen LogP contribution in [0.25, 0.3) is 0 Å². The summed E-state index contributed by atoms with van der Waals surface area (Å²) in [7, 11) is 0.